The SMILES string of the molecule is c1ccc(-c2nc(-c3ccc4ccccc4c3)nc(-c3ccc(-c4ccc5ccccc5c4)c4oc5ccccc5c34)n2)cc1. The summed E-state index contributed by atoms with van der Waals surface area (Å²) in [6.07, 6.45) is 0. The van der Waals surface area contributed by atoms with Crippen molar-refractivity contribution in [3.63, 3.8) is 0 Å². The Kier molecular flexibility index (Phi) is 5.78. The lowest BCUT2D eigenvalue weighted by molar-refractivity contribution is 0.670. The van der Waals surface area contributed by atoms with E-state index in [0.29, 0.717) is 17.5 Å². The lowest BCUT2D eigenvalue weighted by atomic mass is 9.96. The van der Waals surface area contributed by atoms with Crippen LogP contribution in [0.15, 0.2) is 156 Å². The molecule has 0 fully saturated rings. The molecule has 0 unspecified atom stereocenters. The van der Waals surface area contributed by atoms with Gasteiger partial charge in [0.15, 0.2) is 17.5 Å². The molecule has 9 rings (SSSR count). The second kappa shape index (κ2) is 10.2. The van der Waals surface area contributed by atoms with Crippen molar-refractivity contribution in [2.75, 3.05) is 0 Å². The minimum atomic E-state index is 0.605. The van der Waals surface area contributed by atoms with Crippen LogP contribution in [0, 0.1) is 0 Å². The molecule has 0 radical (unpaired) electrons. The van der Waals surface area contributed by atoms with Crippen LogP contribution >= 0.6 is 0 Å². The first-order valence-electron chi connectivity index (χ1n) is 15.0. The van der Waals surface area contributed by atoms with Gasteiger partial charge in [-0.1, -0.05) is 121 Å². The van der Waals surface area contributed by atoms with Crippen LogP contribution in [0.25, 0.3) is 88.8 Å². The molecule has 0 aliphatic rings. The maximum absolute atomic E-state index is 6.62. The number of furan rings is 1. The van der Waals surface area contributed by atoms with E-state index >= 15 is 0 Å². The lowest BCUT2D eigenvalue weighted by Gasteiger charge is -2.11. The van der Waals surface area contributed by atoms with E-state index in [1.165, 1.54) is 16.2 Å². The number of hydrogen-bond donors (Lipinski definition) is 0. The van der Waals surface area contributed by atoms with Gasteiger partial charge in [0.05, 0.1) is 0 Å². The molecule has 0 spiro atoms. The topological polar surface area (TPSA) is 51.8 Å². The first-order valence-corrected chi connectivity index (χ1v) is 15.0. The van der Waals surface area contributed by atoms with Crippen molar-refractivity contribution in [1.82, 2.24) is 15.0 Å². The van der Waals surface area contributed by atoms with Gasteiger partial charge in [-0.2, -0.15) is 0 Å². The molecule has 0 N–H and O–H groups in total. The van der Waals surface area contributed by atoms with E-state index in [2.05, 4.69) is 103 Å². The summed E-state index contributed by atoms with van der Waals surface area (Å²) in [5, 5.41) is 6.73. The quantitative estimate of drug-likeness (QED) is 0.209. The molecule has 0 aliphatic heterocycles. The number of aromatic nitrogens is 3. The van der Waals surface area contributed by atoms with Crippen LogP contribution in [0.1, 0.15) is 0 Å². The van der Waals surface area contributed by atoms with Crippen molar-refractivity contribution < 1.29 is 4.42 Å². The molecule has 0 saturated heterocycles. The second-order valence-corrected chi connectivity index (χ2v) is 11.3. The first kappa shape index (κ1) is 25.4. The van der Waals surface area contributed by atoms with Crippen molar-refractivity contribution in [3.05, 3.63) is 152 Å². The number of hydrogen-bond acceptors (Lipinski definition) is 4. The first-order chi connectivity index (χ1) is 22.3. The van der Waals surface area contributed by atoms with Crippen LogP contribution in [0.5, 0.6) is 0 Å². The smallest absolute Gasteiger partial charge is 0.164 e. The highest BCUT2D eigenvalue weighted by atomic mass is 16.3. The fourth-order valence-electron chi connectivity index (χ4n) is 6.27. The van der Waals surface area contributed by atoms with E-state index in [0.717, 1.165) is 55.1 Å². The van der Waals surface area contributed by atoms with E-state index in [1.54, 1.807) is 0 Å². The van der Waals surface area contributed by atoms with Crippen LogP contribution in [0.4, 0.5) is 0 Å². The average Bonchev–Trinajstić information content (AvgIpc) is 3.51. The van der Waals surface area contributed by atoms with Crippen molar-refractivity contribution in [1.29, 1.82) is 0 Å². The molecule has 0 bridgehead atoms. The Balaban J connectivity index is 1.31. The predicted octanol–water partition coefficient (Wildman–Crippen LogP) is 10.7. The molecular weight excluding hydrogens is 550 g/mol. The van der Waals surface area contributed by atoms with Crippen LogP contribution in [-0.4, -0.2) is 15.0 Å². The summed E-state index contributed by atoms with van der Waals surface area (Å²) in [5.74, 6) is 1.86. The van der Waals surface area contributed by atoms with E-state index in [4.69, 9.17) is 19.4 Å². The summed E-state index contributed by atoms with van der Waals surface area (Å²) >= 11 is 0. The molecule has 7 aromatic carbocycles. The van der Waals surface area contributed by atoms with Crippen molar-refractivity contribution in [2.24, 2.45) is 0 Å². The Bertz CT molecular complexity index is 2550. The van der Waals surface area contributed by atoms with Crippen LogP contribution in [0.3, 0.4) is 0 Å². The van der Waals surface area contributed by atoms with Gasteiger partial charge in [-0.25, -0.2) is 15.0 Å². The summed E-state index contributed by atoms with van der Waals surface area (Å²) in [5.41, 5.74) is 6.55. The van der Waals surface area contributed by atoms with Gasteiger partial charge in [0.1, 0.15) is 11.2 Å². The lowest BCUT2D eigenvalue weighted by Crippen LogP contribution is -2.00. The molecule has 210 valence electrons. The fourth-order valence-corrected chi connectivity index (χ4v) is 6.27. The van der Waals surface area contributed by atoms with Gasteiger partial charge >= 0.3 is 0 Å². The van der Waals surface area contributed by atoms with Gasteiger partial charge < -0.3 is 4.42 Å². The summed E-state index contributed by atoms with van der Waals surface area (Å²) in [6.45, 7) is 0. The van der Waals surface area contributed by atoms with Gasteiger partial charge in [0.2, 0.25) is 0 Å². The Hall–Kier alpha value is -6.13. The van der Waals surface area contributed by atoms with Gasteiger partial charge in [-0.05, 0) is 57.4 Å². The molecule has 0 saturated carbocycles. The maximum atomic E-state index is 6.62. The second-order valence-electron chi connectivity index (χ2n) is 11.3. The molecular formula is C41H25N3O. The highest BCUT2D eigenvalue weighted by Crippen LogP contribution is 2.42. The van der Waals surface area contributed by atoms with E-state index in [9.17, 15) is 0 Å². The normalized spacial score (nSPS) is 11.6. The molecule has 9 aromatic rings. The highest BCUT2D eigenvalue weighted by Gasteiger charge is 2.20. The Morgan fingerprint density at radius 2 is 0.933 bits per heavy atom. The minimum Gasteiger partial charge on any atom is -0.455 e. The van der Waals surface area contributed by atoms with Crippen LogP contribution in [-0.2, 0) is 0 Å². The maximum Gasteiger partial charge on any atom is 0.164 e. The molecule has 0 aliphatic carbocycles. The van der Waals surface area contributed by atoms with Crippen LogP contribution < -0.4 is 0 Å². The van der Waals surface area contributed by atoms with Crippen molar-refractivity contribution in [2.45, 2.75) is 0 Å². The Labute approximate surface area is 259 Å². The van der Waals surface area contributed by atoms with E-state index in [-0.39, 0.29) is 0 Å². The molecule has 2 aromatic heterocycles. The monoisotopic (exact) mass is 575 g/mol. The summed E-state index contributed by atoms with van der Waals surface area (Å²) in [4.78, 5) is 15.2. The van der Waals surface area contributed by atoms with Crippen LogP contribution in [0.2, 0.25) is 0 Å². The minimum absolute atomic E-state index is 0.605. The van der Waals surface area contributed by atoms with Crippen molar-refractivity contribution in [3.8, 4) is 45.3 Å². The average molecular weight is 576 g/mol. The molecule has 4 heteroatoms. The molecule has 2 heterocycles. The molecule has 45 heavy (non-hydrogen) atoms. The Morgan fingerprint density at radius 1 is 0.378 bits per heavy atom. The zero-order valence-corrected chi connectivity index (χ0v) is 24.2. The largest absolute Gasteiger partial charge is 0.455 e. The van der Waals surface area contributed by atoms with E-state index in [1.807, 2.05) is 48.5 Å². The summed E-state index contributed by atoms with van der Waals surface area (Å²) < 4.78 is 6.62. The molecule has 0 atom stereocenters. The van der Waals surface area contributed by atoms with Gasteiger partial charge in [-0.3, -0.25) is 0 Å². The van der Waals surface area contributed by atoms with Crippen molar-refractivity contribution >= 4 is 43.5 Å². The standard InChI is InChI=1S/C41H25N3O/c1-2-12-28(13-3-1)39-42-40(32-21-19-27-11-5-7-15-30(27)25-32)44-41(43-39)35-23-22-33(31-20-18-26-10-4-6-14-29(26)24-31)38-37(35)34-16-8-9-17-36(34)45-38/h1-25H. The van der Waals surface area contributed by atoms with Gasteiger partial charge in [0.25, 0.3) is 0 Å². The molecule has 0 amide bonds. The number of para-hydroxylation sites is 1. The third kappa shape index (κ3) is 4.35. The van der Waals surface area contributed by atoms with Gasteiger partial charge in [0, 0.05) is 33.0 Å². The zero-order chi connectivity index (χ0) is 29.7. The van der Waals surface area contributed by atoms with E-state index < -0.39 is 0 Å². The third-order valence-electron chi connectivity index (χ3n) is 8.50. The summed E-state index contributed by atoms with van der Waals surface area (Å²) in [7, 11) is 0. The number of benzene rings is 7. The predicted molar refractivity (Wildman–Crippen MR) is 184 cm³/mol. The fraction of sp³-hybridized carbons (Fsp3) is 0. The van der Waals surface area contributed by atoms with Gasteiger partial charge in [-0.15, -0.1) is 0 Å². The zero-order valence-electron chi connectivity index (χ0n) is 24.2. The molecule has 4 nitrogen and oxygen atoms in total. The highest BCUT2D eigenvalue weighted by molar-refractivity contribution is 6.16. The third-order valence-corrected chi connectivity index (χ3v) is 8.50. The number of fused-ring (bicyclic) bond motifs is 5. The Morgan fingerprint density at radius 3 is 1.69 bits per heavy atom. The number of rotatable bonds is 4. The summed E-state index contributed by atoms with van der Waals surface area (Å²) in [6, 6.07) is 52.2. The number of nitrogens with zero attached hydrogens (tertiary/aromatic N) is 3.